The van der Waals surface area contributed by atoms with Crippen LogP contribution < -0.4 is 0 Å². The normalized spacial score (nSPS) is 14.1. The number of aliphatic imine (C=N–C) groups is 1. The van der Waals surface area contributed by atoms with Gasteiger partial charge in [0, 0.05) is 6.54 Å². The smallest absolute Gasteiger partial charge is 0.0387 e. The zero-order valence-corrected chi connectivity index (χ0v) is 9.09. The number of nitrogens with zero attached hydrogens (tertiary/aromatic N) is 1. The van der Waals surface area contributed by atoms with Crippen molar-refractivity contribution in [2.45, 2.75) is 33.6 Å². The van der Waals surface area contributed by atoms with Crippen LogP contribution in [0.4, 0.5) is 0 Å². The lowest BCUT2D eigenvalue weighted by atomic mass is 10.0. The number of hydrogen-bond acceptors (Lipinski definition) is 1. The van der Waals surface area contributed by atoms with E-state index in [0.29, 0.717) is 0 Å². The summed E-state index contributed by atoms with van der Waals surface area (Å²) in [6.45, 7) is 11.0. The molecule has 74 valence electrons. The van der Waals surface area contributed by atoms with Gasteiger partial charge < -0.3 is 0 Å². The van der Waals surface area contributed by atoms with Crippen molar-refractivity contribution in [1.29, 1.82) is 0 Å². The Kier molecular flexibility index (Phi) is 7.27. The Labute approximate surface area is 82.3 Å². The summed E-state index contributed by atoms with van der Waals surface area (Å²) in [6.07, 6.45) is 8.45. The number of allylic oxidation sites excluding steroid dienone is 3. The standard InChI is InChI=1S/C12H21N/c1-5-13-10-9-12(4)8-6-7-11(2)3/h5-7,12H,2,8-10H2,1,3-4H3/b7-6+,13-5?. The van der Waals surface area contributed by atoms with Crippen LogP contribution in [0.5, 0.6) is 0 Å². The van der Waals surface area contributed by atoms with E-state index in [2.05, 4.69) is 30.6 Å². The summed E-state index contributed by atoms with van der Waals surface area (Å²) in [4.78, 5) is 4.19. The maximum Gasteiger partial charge on any atom is 0.0387 e. The van der Waals surface area contributed by atoms with Gasteiger partial charge in [0.25, 0.3) is 0 Å². The first-order chi connectivity index (χ1) is 6.16. The molecule has 1 nitrogen and oxygen atoms in total. The van der Waals surface area contributed by atoms with Gasteiger partial charge in [-0.2, -0.15) is 0 Å². The van der Waals surface area contributed by atoms with Crippen LogP contribution in [0.25, 0.3) is 0 Å². The fourth-order valence-electron chi connectivity index (χ4n) is 1.04. The molecule has 0 N–H and O–H groups in total. The first kappa shape index (κ1) is 12.2. The summed E-state index contributed by atoms with van der Waals surface area (Å²) in [6, 6.07) is 0. The summed E-state index contributed by atoms with van der Waals surface area (Å²) in [7, 11) is 0. The van der Waals surface area contributed by atoms with Gasteiger partial charge in [0.05, 0.1) is 0 Å². The van der Waals surface area contributed by atoms with Gasteiger partial charge in [-0.3, -0.25) is 4.99 Å². The molecule has 0 aliphatic rings. The maximum atomic E-state index is 4.19. The minimum absolute atomic E-state index is 0.722. The minimum Gasteiger partial charge on any atom is -0.298 e. The van der Waals surface area contributed by atoms with Crippen molar-refractivity contribution < 1.29 is 0 Å². The molecule has 1 atom stereocenters. The number of hydrogen-bond donors (Lipinski definition) is 0. The molecular formula is C12H21N. The van der Waals surface area contributed by atoms with Crippen LogP contribution in [-0.4, -0.2) is 12.8 Å². The van der Waals surface area contributed by atoms with Crippen molar-refractivity contribution in [2.24, 2.45) is 10.9 Å². The third-order valence-electron chi connectivity index (χ3n) is 1.87. The van der Waals surface area contributed by atoms with Gasteiger partial charge >= 0.3 is 0 Å². The van der Waals surface area contributed by atoms with Crippen molar-refractivity contribution in [3.05, 3.63) is 24.3 Å². The number of rotatable bonds is 6. The molecule has 0 bridgehead atoms. The van der Waals surface area contributed by atoms with Crippen molar-refractivity contribution >= 4 is 6.21 Å². The highest BCUT2D eigenvalue weighted by atomic mass is 14.7. The molecule has 0 spiro atoms. The lowest BCUT2D eigenvalue weighted by Gasteiger charge is -2.05. The average Bonchev–Trinajstić information content (AvgIpc) is 2.04. The Morgan fingerprint density at radius 1 is 1.54 bits per heavy atom. The molecular weight excluding hydrogens is 158 g/mol. The highest BCUT2D eigenvalue weighted by Gasteiger charge is 1.97. The van der Waals surface area contributed by atoms with Crippen molar-refractivity contribution in [1.82, 2.24) is 0 Å². The van der Waals surface area contributed by atoms with Gasteiger partial charge in [0.15, 0.2) is 0 Å². The summed E-state index contributed by atoms with van der Waals surface area (Å²) in [5, 5.41) is 0. The molecule has 0 saturated carbocycles. The molecule has 0 aliphatic carbocycles. The first-order valence-electron chi connectivity index (χ1n) is 4.93. The molecule has 1 heteroatoms. The Bertz CT molecular complexity index is 189. The molecule has 0 radical (unpaired) electrons. The molecule has 1 unspecified atom stereocenters. The Balaban J connectivity index is 3.50. The molecule has 0 aromatic rings. The Morgan fingerprint density at radius 3 is 2.77 bits per heavy atom. The fourth-order valence-corrected chi connectivity index (χ4v) is 1.04. The van der Waals surface area contributed by atoms with E-state index in [0.717, 1.165) is 24.5 Å². The van der Waals surface area contributed by atoms with Gasteiger partial charge in [-0.05, 0) is 38.8 Å². The van der Waals surface area contributed by atoms with E-state index >= 15 is 0 Å². The van der Waals surface area contributed by atoms with Crippen LogP contribution in [0.15, 0.2) is 29.3 Å². The van der Waals surface area contributed by atoms with Crippen LogP contribution >= 0.6 is 0 Å². The van der Waals surface area contributed by atoms with E-state index in [1.54, 1.807) is 0 Å². The van der Waals surface area contributed by atoms with Crippen molar-refractivity contribution in [2.75, 3.05) is 6.54 Å². The van der Waals surface area contributed by atoms with E-state index in [-0.39, 0.29) is 0 Å². The SMILES string of the molecule is C=C(C)/C=C/CC(C)CCN=CC. The zero-order chi connectivity index (χ0) is 10.1. The lowest BCUT2D eigenvalue weighted by molar-refractivity contribution is 0.550. The quantitative estimate of drug-likeness (QED) is 0.436. The first-order valence-corrected chi connectivity index (χ1v) is 4.93. The highest BCUT2D eigenvalue weighted by molar-refractivity contribution is 5.53. The highest BCUT2D eigenvalue weighted by Crippen LogP contribution is 2.08. The van der Waals surface area contributed by atoms with E-state index in [9.17, 15) is 0 Å². The topological polar surface area (TPSA) is 12.4 Å². The van der Waals surface area contributed by atoms with Crippen molar-refractivity contribution in [3.8, 4) is 0 Å². The second-order valence-corrected chi connectivity index (χ2v) is 3.54. The van der Waals surface area contributed by atoms with E-state index in [4.69, 9.17) is 0 Å². The zero-order valence-electron chi connectivity index (χ0n) is 9.09. The fraction of sp³-hybridized carbons (Fsp3) is 0.583. The van der Waals surface area contributed by atoms with E-state index < -0.39 is 0 Å². The molecule has 0 heterocycles. The maximum absolute atomic E-state index is 4.19. The molecule has 0 saturated heterocycles. The minimum atomic E-state index is 0.722. The van der Waals surface area contributed by atoms with Gasteiger partial charge in [-0.15, -0.1) is 0 Å². The molecule has 0 amide bonds. The van der Waals surface area contributed by atoms with Gasteiger partial charge in [-0.1, -0.05) is 31.2 Å². The van der Waals surface area contributed by atoms with E-state index in [1.807, 2.05) is 20.1 Å². The predicted octanol–water partition coefficient (Wildman–Crippen LogP) is 3.63. The molecule has 0 fully saturated rings. The lowest BCUT2D eigenvalue weighted by Crippen LogP contribution is -1.95. The van der Waals surface area contributed by atoms with Gasteiger partial charge in [0.1, 0.15) is 0 Å². The molecule has 0 rings (SSSR count). The van der Waals surface area contributed by atoms with Crippen LogP contribution in [0.2, 0.25) is 0 Å². The second-order valence-electron chi connectivity index (χ2n) is 3.54. The van der Waals surface area contributed by atoms with Gasteiger partial charge in [-0.25, -0.2) is 0 Å². The Hall–Kier alpha value is -0.850. The van der Waals surface area contributed by atoms with Crippen LogP contribution in [-0.2, 0) is 0 Å². The van der Waals surface area contributed by atoms with Crippen LogP contribution in [0, 0.1) is 5.92 Å². The molecule has 0 aromatic carbocycles. The molecule has 13 heavy (non-hydrogen) atoms. The third-order valence-corrected chi connectivity index (χ3v) is 1.87. The summed E-state index contributed by atoms with van der Waals surface area (Å²) >= 11 is 0. The predicted molar refractivity (Wildman–Crippen MR) is 61.4 cm³/mol. The van der Waals surface area contributed by atoms with Crippen LogP contribution in [0.1, 0.15) is 33.6 Å². The van der Waals surface area contributed by atoms with Crippen molar-refractivity contribution in [3.63, 3.8) is 0 Å². The van der Waals surface area contributed by atoms with Crippen LogP contribution in [0.3, 0.4) is 0 Å². The molecule has 0 aliphatic heterocycles. The van der Waals surface area contributed by atoms with E-state index in [1.165, 1.54) is 6.42 Å². The Morgan fingerprint density at radius 2 is 2.23 bits per heavy atom. The average molecular weight is 179 g/mol. The summed E-state index contributed by atoms with van der Waals surface area (Å²) in [5.74, 6) is 0.722. The summed E-state index contributed by atoms with van der Waals surface area (Å²) in [5.41, 5.74) is 1.12. The van der Waals surface area contributed by atoms with Gasteiger partial charge in [0.2, 0.25) is 0 Å². The second kappa shape index (κ2) is 7.78. The molecule has 0 aromatic heterocycles. The monoisotopic (exact) mass is 179 g/mol. The summed E-state index contributed by atoms with van der Waals surface area (Å²) < 4.78 is 0. The third kappa shape index (κ3) is 9.06. The largest absolute Gasteiger partial charge is 0.298 e.